The molecule has 0 saturated carbocycles. The van der Waals surface area contributed by atoms with E-state index < -0.39 is 0 Å². The minimum absolute atomic E-state index is 0.139. The first-order chi connectivity index (χ1) is 11.2. The quantitative estimate of drug-likeness (QED) is 0.545. The minimum atomic E-state index is -0.141. The number of ether oxygens (including phenoxy) is 1. The highest BCUT2D eigenvalue weighted by atomic mass is 16.5. The Morgan fingerprint density at radius 1 is 1.26 bits per heavy atom. The third kappa shape index (κ3) is 3.85. The lowest BCUT2D eigenvalue weighted by atomic mass is 10.0. The molecule has 0 atom stereocenters. The van der Waals surface area contributed by atoms with Crippen LogP contribution in [-0.2, 0) is 9.53 Å². The first-order valence-electron chi connectivity index (χ1n) is 7.68. The maximum atomic E-state index is 11.9. The van der Waals surface area contributed by atoms with Crippen molar-refractivity contribution in [1.82, 2.24) is 5.43 Å². The topological polar surface area (TPSA) is 75.4 Å². The standard InChI is InChI=1S/C17H19N3O3/c21-16-6-5-13-3-1-2-4-14(13)15(16)11-18-19-17(22)12-20-7-9-23-10-8-20/h1-6,11,21H,7-10,12H2,(H,19,22)/p+1/b18-11+. The van der Waals surface area contributed by atoms with E-state index in [9.17, 15) is 9.90 Å². The molecule has 0 aliphatic carbocycles. The highest BCUT2D eigenvalue weighted by molar-refractivity contribution is 6.02. The molecular weight excluding hydrogens is 294 g/mol. The first kappa shape index (κ1) is 15.5. The Bertz CT molecular complexity index is 724. The summed E-state index contributed by atoms with van der Waals surface area (Å²) in [5, 5.41) is 15.9. The van der Waals surface area contributed by atoms with Crippen LogP contribution in [0.15, 0.2) is 41.5 Å². The van der Waals surface area contributed by atoms with Crippen LogP contribution in [0.2, 0.25) is 0 Å². The Morgan fingerprint density at radius 3 is 2.87 bits per heavy atom. The average Bonchev–Trinajstić information content (AvgIpc) is 2.58. The smallest absolute Gasteiger partial charge is 0.295 e. The van der Waals surface area contributed by atoms with E-state index in [1.54, 1.807) is 6.07 Å². The number of quaternary nitrogens is 1. The van der Waals surface area contributed by atoms with Gasteiger partial charge in [0.15, 0.2) is 6.54 Å². The maximum Gasteiger partial charge on any atom is 0.295 e. The average molecular weight is 314 g/mol. The van der Waals surface area contributed by atoms with Crippen molar-refractivity contribution in [2.75, 3.05) is 32.8 Å². The Hall–Kier alpha value is -2.44. The predicted molar refractivity (Wildman–Crippen MR) is 87.7 cm³/mol. The molecule has 2 aromatic carbocycles. The second kappa shape index (κ2) is 7.21. The molecule has 0 aromatic heterocycles. The van der Waals surface area contributed by atoms with Crippen LogP contribution >= 0.6 is 0 Å². The molecule has 1 aliphatic rings. The number of carbonyl (C=O) groups is 1. The number of hydrogen-bond acceptors (Lipinski definition) is 4. The van der Waals surface area contributed by atoms with Crippen LogP contribution in [0.4, 0.5) is 0 Å². The normalized spacial score (nSPS) is 16.0. The van der Waals surface area contributed by atoms with Gasteiger partial charge in [0, 0.05) is 5.56 Å². The monoisotopic (exact) mass is 314 g/mol. The van der Waals surface area contributed by atoms with Gasteiger partial charge < -0.3 is 14.7 Å². The zero-order valence-corrected chi connectivity index (χ0v) is 12.8. The van der Waals surface area contributed by atoms with E-state index in [1.165, 1.54) is 11.1 Å². The molecule has 6 nitrogen and oxygen atoms in total. The number of phenols is 1. The van der Waals surface area contributed by atoms with Gasteiger partial charge in [-0.1, -0.05) is 30.3 Å². The number of benzene rings is 2. The van der Waals surface area contributed by atoms with E-state index in [4.69, 9.17) is 4.74 Å². The number of nitrogens with one attached hydrogen (secondary N) is 2. The molecule has 2 aromatic rings. The minimum Gasteiger partial charge on any atom is -0.507 e. The highest BCUT2D eigenvalue weighted by Gasteiger charge is 2.17. The SMILES string of the molecule is O=C(C[NH+]1CCOCC1)N/N=C/c1c(O)ccc2ccccc12. The van der Waals surface area contributed by atoms with Crippen LogP contribution in [0.5, 0.6) is 5.75 Å². The summed E-state index contributed by atoms with van der Waals surface area (Å²) in [5.41, 5.74) is 3.13. The van der Waals surface area contributed by atoms with Crippen molar-refractivity contribution in [3.8, 4) is 5.75 Å². The van der Waals surface area contributed by atoms with Crippen LogP contribution in [-0.4, -0.2) is 50.1 Å². The number of phenolic OH excluding ortho intramolecular Hbond substituents is 1. The van der Waals surface area contributed by atoms with Crippen LogP contribution in [0.1, 0.15) is 5.56 Å². The first-order valence-corrected chi connectivity index (χ1v) is 7.68. The third-order valence-corrected chi connectivity index (χ3v) is 3.94. The van der Waals surface area contributed by atoms with Gasteiger partial charge in [-0.3, -0.25) is 4.79 Å². The van der Waals surface area contributed by atoms with Crippen LogP contribution < -0.4 is 10.3 Å². The lowest BCUT2D eigenvalue weighted by Crippen LogP contribution is -3.15. The van der Waals surface area contributed by atoms with Crippen LogP contribution in [0.3, 0.4) is 0 Å². The Morgan fingerprint density at radius 2 is 2.04 bits per heavy atom. The summed E-state index contributed by atoms with van der Waals surface area (Å²) in [6, 6.07) is 11.2. The lowest BCUT2D eigenvalue weighted by Gasteiger charge is -2.22. The molecule has 0 spiro atoms. The molecule has 0 unspecified atom stereocenters. The number of amides is 1. The highest BCUT2D eigenvalue weighted by Crippen LogP contribution is 2.25. The van der Waals surface area contributed by atoms with Gasteiger partial charge in [0.05, 0.1) is 19.4 Å². The second-order valence-corrected chi connectivity index (χ2v) is 5.55. The van der Waals surface area contributed by atoms with E-state index in [0.717, 1.165) is 23.9 Å². The second-order valence-electron chi connectivity index (χ2n) is 5.55. The Balaban J connectivity index is 1.66. The van der Waals surface area contributed by atoms with Crippen LogP contribution in [0, 0.1) is 0 Å². The van der Waals surface area contributed by atoms with Crippen molar-refractivity contribution in [3.63, 3.8) is 0 Å². The summed E-state index contributed by atoms with van der Waals surface area (Å²) in [5.74, 6) is -0.00150. The number of nitrogens with zero attached hydrogens (tertiary/aromatic N) is 1. The summed E-state index contributed by atoms with van der Waals surface area (Å²) < 4.78 is 5.26. The van der Waals surface area contributed by atoms with Crippen molar-refractivity contribution in [2.24, 2.45) is 5.10 Å². The van der Waals surface area contributed by atoms with E-state index in [1.807, 2.05) is 30.3 Å². The molecule has 3 N–H and O–H groups in total. The predicted octanol–water partition coefficient (Wildman–Crippen LogP) is -0.0894. The zero-order valence-electron chi connectivity index (χ0n) is 12.8. The van der Waals surface area contributed by atoms with Crippen LogP contribution in [0.25, 0.3) is 10.8 Å². The number of carbonyl (C=O) groups excluding carboxylic acids is 1. The van der Waals surface area contributed by atoms with E-state index in [2.05, 4.69) is 10.5 Å². The van der Waals surface area contributed by atoms with Gasteiger partial charge in [-0.15, -0.1) is 0 Å². The van der Waals surface area contributed by atoms with Gasteiger partial charge in [-0.2, -0.15) is 5.10 Å². The summed E-state index contributed by atoms with van der Waals surface area (Å²) in [6.07, 6.45) is 1.49. The summed E-state index contributed by atoms with van der Waals surface area (Å²) >= 11 is 0. The van der Waals surface area contributed by atoms with Crippen molar-refractivity contribution < 1.29 is 19.5 Å². The summed E-state index contributed by atoms with van der Waals surface area (Å²) in [6.45, 7) is 3.43. The fourth-order valence-electron chi connectivity index (χ4n) is 2.69. The number of aromatic hydroxyl groups is 1. The third-order valence-electron chi connectivity index (χ3n) is 3.94. The molecule has 1 fully saturated rings. The van der Waals surface area contributed by atoms with Gasteiger partial charge in [0.1, 0.15) is 18.8 Å². The molecule has 6 heteroatoms. The van der Waals surface area contributed by atoms with E-state index in [0.29, 0.717) is 25.3 Å². The number of rotatable bonds is 4. The molecule has 120 valence electrons. The molecule has 0 bridgehead atoms. The number of fused-ring (bicyclic) bond motifs is 1. The van der Waals surface area contributed by atoms with Gasteiger partial charge in [0.25, 0.3) is 5.91 Å². The van der Waals surface area contributed by atoms with E-state index >= 15 is 0 Å². The number of morpholine rings is 1. The van der Waals surface area contributed by atoms with Gasteiger partial charge in [-0.25, -0.2) is 5.43 Å². The van der Waals surface area contributed by atoms with Crippen molar-refractivity contribution >= 4 is 22.9 Å². The van der Waals surface area contributed by atoms with Gasteiger partial charge in [-0.05, 0) is 16.8 Å². The molecule has 1 saturated heterocycles. The maximum absolute atomic E-state index is 11.9. The summed E-state index contributed by atoms with van der Waals surface area (Å²) in [4.78, 5) is 13.1. The van der Waals surface area contributed by atoms with Crippen molar-refractivity contribution in [3.05, 3.63) is 42.0 Å². The zero-order chi connectivity index (χ0) is 16.1. The fourth-order valence-corrected chi connectivity index (χ4v) is 2.69. The molecule has 1 aliphatic heterocycles. The van der Waals surface area contributed by atoms with E-state index in [-0.39, 0.29) is 11.7 Å². The molecule has 1 heterocycles. The number of hydrazone groups is 1. The molecule has 3 rings (SSSR count). The molecule has 0 radical (unpaired) electrons. The number of hydrogen-bond donors (Lipinski definition) is 3. The van der Waals surface area contributed by atoms with Gasteiger partial charge >= 0.3 is 0 Å². The molecule has 23 heavy (non-hydrogen) atoms. The van der Waals surface area contributed by atoms with Gasteiger partial charge in [0.2, 0.25) is 0 Å². The molecule has 1 amide bonds. The summed E-state index contributed by atoms with van der Waals surface area (Å²) in [7, 11) is 0. The largest absolute Gasteiger partial charge is 0.507 e. The lowest BCUT2D eigenvalue weighted by molar-refractivity contribution is -0.900. The van der Waals surface area contributed by atoms with Crippen molar-refractivity contribution in [2.45, 2.75) is 0 Å². The van der Waals surface area contributed by atoms with Crippen molar-refractivity contribution in [1.29, 1.82) is 0 Å². The Labute approximate surface area is 134 Å². The Kier molecular flexibility index (Phi) is 4.85. The molecular formula is C17H20N3O3+. The fraction of sp³-hybridized carbons (Fsp3) is 0.294.